The Bertz CT molecular complexity index is 675. The van der Waals surface area contributed by atoms with Gasteiger partial charge in [-0.25, -0.2) is 5.43 Å². The van der Waals surface area contributed by atoms with Crippen molar-refractivity contribution in [2.24, 2.45) is 5.92 Å². The number of nitrogens with zero attached hydrogens (tertiary/aromatic N) is 3. The Labute approximate surface area is 148 Å². The fraction of sp³-hybridized carbons (Fsp3) is 0.556. The van der Waals surface area contributed by atoms with Crippen LogP contribution in [0.3, 0.4) is 0 Å². The summed E-state index contributed by atoms with van der Waals surface area (Å²) in [7, 11) is 0. The predicted molar refractivity (Wildman–Crippen MR) is 96.1 cm³/mol. The molecule has 2 saturated heterocycles. The lowest BCUT2D eigenvalue weighted by Gasteiger charge is -2.34. The number of anilines is 1. The fourth-order valence-electron chi connectivity index (χ4n) is 3.78. The zero-order valence-corrected chi connectivity index (χ0v) is 14.6. The second kappa shape index (κ2) is 7.51. The second-order valence-electron chi connectivity index (χ2n) is 6.99. The molecule has 0 radical (unpaired) electrons. The number of hydrogen-bond acceptors (Lipinski definition) is 7. The van der Waals surface area contributed by atoms with Gasteiger partial charge in [0, 0.05) is 44.3 Å². The summed E-state index contributed by atoms with van der Waals surface area (Å²) in [4.78, 5) is 2.33. The third-order valence-electron chi connectivity index (χ3n) is 5.13. The molecule has 3 atom stereocenters. The first kappa shape index (κ1) is 16.5. The third-order valence-corrected chi connectivity index (χ3v) is 5.13. The van der Waals surface area contributed by atoms with Gasteiger partial charge in [-0.15, -0.1) is 5.10 Å². The SMILES string of the molecule is Cc1ccc(C2NNCC2CNC2CCCN(c3cccnn3)C2)o1. The van der Waals surface area contributed by atoms with E-state index in [2.05, 4.69) is 37.3 Å². The van der Waals surface area contributed by atoms with E-state index in [1.165, 1.54) is 12.8 Å². The van der Waals surface area contributed by atoms with E-state index in [0.717, 1.165) is 43.5 Å². The number of hydrazine groups is 1. The lowest BCUT2D eigenvalue weighted by Crippen LogP contribution is -2.47. The molecule has 0 aliphatic carbocycles. The highest BCUT2D eigenvalue weighted by Gasteiger charge is 2.31. The van der Waals surface area contributed by atoms with Crippen LogP contribution in [-0.2, 0) is 0 Å². The Kier molecular flexibility index (Phi) is 4.96. The molecular weight excluding hydrogens is 316 g/mol. The maximum atomic E-state index is 5.81. The first-order valence-electron chi connectivity index (χ1n) is 9.10. The molecule has 7 nitrogen and oxygen atoms in total. The number of hydrogen-bond donors (Lipinski definition) is 3. The molecule has 0 amide bonds. The Morgan fingerprint density at radius 3 is 3.12 bits per heavy atom. The average Bonchev–Trinajstić information content (AvgIpc) is 3.29. The Morgan fingerprint density at radius 1 is 1.36 bits per heavy atom. The maximum Gasteiger partial charge on any atom is 0.151 e. The van der Waals surface area contributed by atoms with Crippen LogP contribution >= 0.6 is 0 Å². The van der Waals surface area contributed by atoms with E-state index in [4.69, 9.17) is 4.42 Å². The molecule has 2 aliphatic heterocycles. The van der Waals surface area contributed by atoms with Gasteiger partial charge in [-0.3, -0.25) is 5.43 Å². The molecule has 2 fully saturated rings. The largest absolute Gasteiger partial charge is 0.465 e. The first-order valence-corrected chi connectivity index (χ1v) is 9.10. The molecule has 2 aromatic rings. The standard InChI is InChI=1S/C18H26N6O/c1-13-6-7-16(25-13)18-14(11-21-23-18)10-19-15-4-3-9-24(12-15)17-5-2-8-20-22-17/h2,5-8,14-15,18-19,21,23H,3-4,9-12H2,1H3. The third kappa shape index (κ3) is 3.84. The second-order valence-corrected chi connectivity index (χ2v) is 6.99. The molecule has 7 heteroatoms. The first-order chi connectivity index (χ1) is 12.3. The summed E-state index contributed by atoms with van der Waals surface area (Å²) in [6.07, 6.45) is 4.10. The van der Waals surface area contributed by atoms with Crippen LogP contribution in [0.2, 0.25) is 0 Å². The fourth-order valence-corrected chi connectivity index (χ4v) is 3.78. The minimum atomic E-state index is 0.223. The highest BCUT2D eigenvalue weighted by molar-refractivity contribution is 5.37. The summed E-state index contributed by atoms with van der Waals surface area (Å²) in [6.45, 7) is 5.93. The van der Waals surface area contributed by atoms with Crippen LogP contribution in [0, 0.1) is 12.8 Å². The molecule has 0 saturated carbocycles. The molecule has 2 aromatic heterocycles. The van der Waals surface area contributed by atoms with E-state index >= 15 is 0 Å². The molecule has 4 rings (SSSR count). The van der Waals surface area contributed by atoms with Gasteiger partial charge in [-0.05, 0) is 44.0 Å². The molecule has 2 aliphatic rings. The average molecular weight is 342 g/mol. The monoisotopic (exact) mass is 342 g/mol. The van der Waals surface area contributed by atoms with Gasteiger partial charge in [0.15, 0.2) is 5.82 Å². The summed E-state index contributed by atoms with van der Waals surface area (Å²) in [6, 6.07) is 8.79. The highest BCUT2D eigenvalue weighted by Crippen LogP contribution is 2.26. The molecule has 134 valence electrons. The summed E-state index contributed by atoms with van der Waals surface area (Å²) in [5.41, 5.74) is 6.62. The normalized spacial score (nSPS) is 26.9. The number of furan rings is 1. The van der Waals surface area contributed by atoms with Crippen LogP contribution in [0.15, 0.2) is 34.9 Å². The van der Waals surface area contributed by atoms with Crippen LogP contribution in [-0.4, -0.2) is 42.4 Å². The summed E-state index contributed by atoms with van der Waals surface area (Å²) in [5, 5.41) is 12.0. The van der Waals surface area contributed by atoms with E-state index in [9.17, 15) is 0 Å². The van der Waals surface area contributed by atoms with Gasteiger partial charge in [0.2, 0.25) is 0 Å². The van der Waals surface area contributed by atoms with Crippen molar-refractivity contribution in [3.63, 3.8) is 0 Å². The molecule has 0 spiro atoms. The summed E-state index contributed by atoms with van der Waals surface area (Å²) < 4.78 is 5.81. The van der Waals surface area contributed by atoms with Gasteiger partial charge in [0.1, 0.15) is 11.5 Å². The molecule has 4 heterocycles. The molecule has 25 heavy (non-hydrogen) atoms. The van der Waals surface area contributed by atoms with Crippen molar-refractivity contribution < 1.29 is 4.42 Å². The van der Waals surface area contributed by atoms with E-state index in [1.54, 1.807) is 6.20 Å². The van der Waals surface area contributed by atoms with Gasteiger partial charge in [0.05, 0.1) is 6.04 Å². The number of rotatable bonds is 5. The molecule has 0 aromatic carbocycles. The number of nitrogens with one attached hydrogen (secondary N) is 3. The predicted octanol–water partition coefficient (Wildman–Crippen LogP) is 1.40. The van der Waals surface area contributed by atoms with Crippen molar-refractivity contribution in [3.8, 4) is 0 Å². The zero-order valence-electron chi connectivity index (χ0n) is 14.6. The Morgan fingerprint density at radius 2 is 2.32 bits per heavy atom. The molecular formula is C18H26N6O. The van der Waals surface area contributed by atoms with Crippen LogP contribution in [0.5, 0.6) is 0 Å². The van der Waals surface area contributed by atoms with Crippen molar-refractivity contribution >= 4 is 5.82 Å². The molecule has 0 bridgehead atoms. The van der Waals surface area contributed by atoms with Crippen molar-refractivity contribution in [3.05, 3.63) is 42.0 Å². The molecule has 3 N–H and O–H groups in total. The Balaban J connectivity index is 1.33. The smallest absolute Gasteiger partial charge is 0.151 e. The van der Waals surface area contributed by atoms with E-state index in [0.29, 0.717) is 12.0 Å². The molecule has 3 unspecified atom stereocenters. The van der Waals surface area contributed by atoms with Crippen molar-refractivity contribution in [2.75, 3.05) is 31.1 Å². The minimum Gasteiger partial charge on any atom is -0.465 e. The van der Waals surface area contributed by atoms with E-state index in [1.807, 2.05) is 25.1 Å². The quantitative estimate of drug-likeness (QED) is 0.758. The van der Waals surface area contributed by atoms with Crippen LogP contribution < -0.4 is 21.1 Å². The van der Waals surface area contributed by atoms with Crippen molar-refractivity contribution in [1.82, 2.24) is 26.4 Å². The number of aromatic nitrogens is 2. The Hall–Kier alpha value is -1.96. The number of aryl methyl sites for hydroxylation is 1. The van der Waals surface area contributed by atoms with Gasteiger partial charge in [-0.2, -0.15) is 5.10 Å². The summed E-state index contributed by atoms with van der Waals surface area (Å²) in [5.74, 6) is 3.42. The lowest BCUT2D eigenvalue weighted by atomic mass is 9.98. The topological polar surface area (TPSA) is 78.2 Å². The van der Waals surface area contributed by atoms with Crippen LogP contribution in [0.1, 0.15) is 30.4 Å². The van der Waals surface area contributed by atoms with Gasteiger partial charge < -0.3 is 14.6 Å². The lowest BCUT2D eigenvalue weighted by molar-refractivity contribution is 0.335. The summed E-state index contributed by atoms with van der Waals surface area (Å²) >= 11 is 0. The van der Waals surface area contributed by atoms with Crippen molar-refractivity contribution in [2.45, 2.75) is 31.8 Å². The number of piperidine rings is 1. The van der Waals surface area contributed by atoms with Crippen molar-refractivity contribution in [1.29, 1.82) is 0 Å². The maximum absolute atomic E-state index is 5.81. The van der Waals surface area contributed by atoms with Crippen LogP contribution in [0.25, 0.3) is 0 Å². The van der Waals surface area contributed by atoms with Gasteiger partial charge in [0.25, 0.3) is 0 Å². The van der Waals surface area contributed by atoms with E-state index < -0.39 is 0 Å². The van der Waals surface area contributed by atoms with Gasteiger partial charge >= 0.3 is 0 Å². The zero-order chi connectivity index (χ0) is 17.1. The van der Waals surface area contributed by atoms with Gasteiger partial charge in [-0.1, -0.05) is 0 Å². The van der Waals surface area contributed by atoms with Crippen LogP contribution in [0.4, 0.5) is 5.82 Å². The minimum absolute atomic E-state index is 0.223. The van der Waals surface area contributed by atoms with E-state index in [-0.39, 0.29) is 6.04 Å². The highest BCUT2D eigenvalue weighted by atomic mass is 16.3.